The number of carbonyl (C=O) groups excluding carboxylic acids is 2. The minimum absolute atomic E-state index is 0.170. The van der Waals surface area contributed by atoms with Gasteiger partial charge in [0, 0.05) is 18.3 Å². The fourth-order valence-electron chi connectivity index (χ4n) is 2.93. The zero-order valence-corrected chi connectivity index (χ0v) is 16.4. The summed E-state index contributed by atoms with van der Waals surface area (Å²) in [5.41, 5.74) is 3.16. The zero-order chi connectivity index (χ0) is 20.2. The quantitative estimate of drug-likeness (QED) is 0.503. The molecule has 2 amide bonds. The van der Waals surface area contributed by atoms with Crippen LogP contribution in [0.4, 0.5) is 11.4 Å². The Labute approximate surface area is 171 Å². The maximum Gasteiger partial charge on any atom is 0.274 e. The Morgan fingerprint density at radius 1 is 0.897 bits per heavy atom. The Morgan fingerprint density at radius 3 is 2.34 bits per heavy atom. The van der Waals surface area contributed by atoms with Crippen LogP contribution in [-0.2, 0) is 4.79 Å². The standard InChI is InChI=1S/C22H18N4O2S/c1-15(27)23-16-7-5-8-17(13-16)24-22(28)20-14-19(21-11-6-12-29-21)25-26(20)18-9-3-2-4-10-18/h2-14H,1H3,(H,23,27)(H,24,28). The Hall–Kier alpha value is -3.71. The molecule has 0 saturated heterocycles. The van der Waals surface area contributed by atoms with Crippen LogP contribution in [0.25, 0.3) is 16.3 Å². The third-order valence-electron chi connectivity index (χ3n) is 4.16. The van der Waals surface area contributed by atoms with E-state index in [9.17, 15) is 9.59 Å². The second kappa shape index (κ2) is 8.12. The fourth-order valence-corrected chi connectivity index (χ4v) is 3.61. The van der Waals surface area contributed by atoms with Crippen LogP contribution in [0.3, 0.4) is 0 Å². The SMILES string of the molecule is CC(=O)Nc1cccc(NC(=O)c2cc(-c3cccs3)nn2-c2ccccc2)c1. The summed E-state index contributed by atoms with van der Waals surface area (Å²) in [6, 6.07) is 22.3. The van der Waals surface area contributed by atoms with Crippen molar-refractivity contribution in [2.45, 2.75) is 6.92 Å². The summed E-state index contributed by atoms with van der Waals surface area (Å²) in [6.45, 7) is 1.44. The van der Waals surface area contributed by atoms with Crippen LogP contribution in [-0.4, -0.2) is 21.6 Å². The second-order valence-electron chi connectivity index (χ2n) is 6.36. The number of nitrogens with one attached hydrogen (secondary N) is 2. The molecule has 7 heteroatoms. The fraction of sp³-hybridized carbons (Fsp3) is 0.0455. The molecule has 144 valence electrons. The highest BCUT2D eigenvalue weighted by Crippen LogP contribution is 2.26. The molecule has 2 heterocycles. The highest BCUT2D eigenvalue weighted by Gasteiger charge is 2.18. The van der Waals surface area contributed by atoms with Gasteiger partial charge in [-0.3, -0.25) is 9.59 Å². The minimum atomic E-state index is -0.288. The zero-order valence-electron chi connectivity index (χ0n) is 15.6. The molecule has 0 aliphatic carbocycles. The van der Waals surface area contributed by atoms with Gasteiger partial charge in [0.05, 0.1) is 10.6 Å². The van der Waals surface area contributed by atoms with Crippen LogP contribution in [0.15, 0.2) is 78.2 Å². The first kappa shape index (κ1) is 18.6. The van der Waals surface area contributed by atoms with Gasteiger partial charge in [0.25, 0.3) is 5.91 Å². The van der Waals surface area contributed by atoms with Gasteiger partial charge in [0.15, 0.2) is 0 Å². The van der Waals surface area contributed by atoms with E-state index in [-0.39, 0.29) is 11.8 Å². The van der Waals surface area contributed by atoms with Crippen molar-refractivity contribution >= 4 is 34.5 Å². The number of hydrogen-bond acceptors (Lipinski definition) is 4. The van der Waals surface area contributed by atoms with E-state index in [1.807, 2.05) is 47.8 Å². The van der Waals surface area contributed by atoms with E-state index >= 15 is 0 Å². The van der Waals surface area contributed by atoms with Gasteiger partial charge in [-0.05, 0) is 47.8 Å². The van der Waals surface area contributed by atoms with E-state index in [1.54, 1.807) is 46.4 Å². The third kappa shape index (κ3) is 4.25. The van der Waals surface area contributed by atoms with Gasteiger partial charge in [-0.15, -0.1) is 11.3 Å². The molecule has 4 aromatic rings. The largest absolute Gasteiger partial charge is 0.326 e. The van der Waals surface area contributed by atoms with E-state index < -0.39 is 0 Å². The summed E-state index contributed by atoms with van der Waals surface area (Å²) in [5.74, 6) is -0.458. The van der Waals surface area contributed by atoms with Gasteiger partial charge in [0.2, 0.25) is 5.91 Å². The first-order valence-electron chi connectivity index (χ1n) is 8.98. The normalized spacial score (nSPS) is 10.5. The molecule has 29 heavy (non-hydrogen) atoms. The van der Waals surface area contributed by atoms with Crippen molar-refractivity contribution in [2.75, 3.05) is 10.6 Å². The van der Waals surface area contributed by atoms with Gasteiger partial charge < -0.3 is 10.6 Å². The summed E-state index contributed by atoms with van der Waals surface area (Å²) in [7, 11) is 0. The molecule has 6 nitrogen and oxygen atoms in total. The van der Waals surface area contributed by atoms with Gasteiger partial charge >= 0.3 is 0 Å². The van der Waals surface area contributed by atoms with Crippen molar-refractivity contribution in [3.8, 4) is 16.3 Å². The van der Waals surface area contributed by atoms with Gasteiger partial charge in [0.1, 0.15) is 11.4 Å². The minimum Gasteiger partial charge on any atom is -0.326 e. The van der Waals surface area contributed by atoms with Gasteiger partial charge in [-0.2, -0.15) is 5.10 Å². The number of carbonyl (C=O) groups is 2. The average Bonchev–Trinajstić information content (AvgIpc) is 3.38. The highest BCUT2D eigenvalue weighted by molar-refractivity contribution is 7.13. The molecule has 2 aromatic carbocycles. The second-order valence-corrected chi connectivity index (χ2v) is 7.30. The number of amides is 2. The summed E-state index contributed by atoms with van der Waals surface area (Å²) in [6.07, 6.45) is 0. The molecule has 0 saturated carbocycles. The molecule has 0 spiro atoms. The van der Waals surface area contributed by atoms with E-state index in [4.69, 9.17) is 0 Å². The monoisotopic (exact) mass is 402 g/mol. The van der Waals surface area contributed by atoms with Crippen LogP contribution >= 0.6 is 11.3 Å². The van der Waals surface area contributed by atoms with E-state index in [1.165, 1.54) is 6.92 Å². The topological polar surface area (TPSA) is 76.0 Å². The lowest BCUT2D eigenvalue weighted by molar-refractivity contribution is -0.114. The summed E-state index contributed by atoms with van der Waals surface area (Å²) < 4.78 is 1.64. The van der Waals surface area contributed by atoms with Crippen molar-refractivity contribution in [2.24, 2.45) is 0 Å². The molecule has 0 aliphatic heterocycles. The van der Waals surface area contributed by atoms with Crippen molar-refractivity contribution in [3.05, 3.63) is 83.9 Å². The lowest BCUT2D eigenvalue weighted by Crippen LogP contribution is -2.17. The lowest BCUT2D eigenvalue weighted by Gasteiger charge is -2.09. The molecule has 0 radical (unpaired) electrons. The highest BCUT2D eigenvalue weighted by atomic mass is 32.1. The number of rotatable bonds is 5. The maximum atomic E-state index is 13.1. The first-order valence-corrected chi connectivity index (χ1v) is 9.86. The van der Waals surface area contributed by atoms with Crippen molar-refractivity contribution in [3.63, 3.8) is 0 Å². The van der Waals surface area contributed by atoms with E-state index in [2.05, 4.69) is 15.7 Å². The van der Waals surface area contributed by atoms with Crippen LogP contribution in [0, 0.1) is 0 Å². The molecule has 0 bridgehead atoms. The van der Waals surface area contributed by atoms with Crippen molar-refractivity contribution in [1.29, 1.82) is 0 Å². The molecule has 0 unspecified atom stereocenters. The van der Waals surface area contributed by atoms with Crippen LogP contribution in [0.1, 0.15) is 17.4 Å². The van der Waals surface area contributed by atoms with E-state index in [0.29, 0.717) is 17.1 Å². The average molecular weight is 402 g/mol. The Kier molecular flexibility index (Phi) is 5.22. The maximum absolute atomic E-state index is 13.1. The Bertz CT molecular complexity index is 1150. The number of hydrogen-bond donors (Lipinski definition) is 2. The third-order valence-corrected chi connectivity index (χ3v) is 5.05. The van der Waals surface area contributed by atoms with Gasteiger partial charge in [-0.1, -0.05) is 30.3 Å². The Morgan fingerprint density at radius 2 is 1.66 bits per heavy atom. The number of para-hydroxylation sites is 1. The summed E-state index contributed by atoms with van der Waals surface area (Å²) in [4.78, 5) is 25.3. The van der Waals surface area contributed by atoms with Crippen LogP contribution in [0.5, 0.6) is 0 Å². The number of anilines is 2. The van der Waals surface area contributed by atoms with Crippen molar-refractivity contribution in [1.82, 2.24) is 9.78 Å². The number of aromatic nitrogens is 2. The van der Waals surface area contributed by atoms with Crippen molar-refractivity contribution < 1.29 is 9.59 Å². The molecule has 2 N–H and O–H groups in total. The molecule has 4 rings (SSSR count). The number of thiophene rings is 1. The summed E-state index contributed by atoms with van der Waals surface area (Å²) >= 11 is 1.57. The molecule has 0 aliphatic rings. The Balaban J connectivity index is 1.68. The molecule has 0 fully saturated rings. The molecule has 0 atom stereocenters. The molecule has 2 aromatic heterocycles. The van der Waals surface area contributed by atoms with E-state index in [0.717, 1.165) is 16.3 Å². The predicted octanol–water partition coefficient (Wildman–Crippen LogP) is 4.81. The predicted molar refractivity (Wildman–Crippen MR) is 116 cm³/mol. The molecular weight excluding hydrogens is 384 g/mol. The summed E-state index contributed by atoms with van der Waals surface area (Å²) in [5, 5.41) is 12.2. The number of benzene rings is 2. The first-order chi connectivity index (χ1) is 14.1. The smallest absolute Gasteiger partial charge is 0.274 e. The number of nitrogens with zero attached hydrogens (tertiary/aromatic N) is 2. The van der Waals surface area contributed by atoms with Crippen LogP contribution in [0.2, 0.25) is 0 Å². The lowest BCUT2D eigenvalue weighted by atomic mass is 10.2. The van der Waals surface area contributed by atoms with Gasteiger partial charge in [-0.25, -0.2) is 4.68 Å². The van der Waals surface area contributed by atoms with Crippen LogP contribution < -0.4 is 10.6 Å². The molecular formula is C22H18N4O2S.